The van der Waals surface area contributed by atoms with Gasteiger partial charge in [-0.2, -0.15) is 0 Å². The van der Waals surface area contributed by atoms with Crippen molar-refractivity contribution in [2.75, 3.05) is 4.90 Å². The fourth-order valence-corrected chi connectivity index (χ4v) is 9.92. The number of hydrogen-bond donors (Lipinski definition) is 0. The van der Waals surface area contributed by atoms with E-state index < -0.39 is 5.41 Å². The molecule has 55 heavy (non-hydrogen) atoms. The topological polar surface area (TPSA) is 16.4 Å². The smallest absolute Gasteiger partial charge is 0.159 e. The summed E-state index contributed by atoms with van der Waals surface area (Å²) < 4.78 is 6.81. The molecule has 9 aromatic carbocycles. The van der Waals surface area contributed by atoms with E-state index in [0.29, 0.717) is 0 Å². The first-order valence-electron chi connectivity index (χ1n) is 19.0. The van der Waals surface area contributed by atoms with Gasteiger partial charge < -0.3 is 9.32 Å². The Morgan fingerprint density at radius 3 is 1.75 bits per heavy atom. The van der Waals surface area contributed by atoms with Crippen molar-refractivity contribution in [3.8, 4) is 33.4 Å². The van der Waals surface area contributed by atoms with Crippen molar-refractivity contribution in [1.82, 2.24) is 0 Å². The Balaban J connectivity index is 1.18. The molecule has 2 heteroatoms. The maximum atomic E-state index is 6.81. The number of furan rings is 1. The zero-order valence-corrected chi connectivity index (χ0v) is 29.9. The number of para-hydroxylation sites is 2. The summed E-state index contributed by atoms with van der Waals surface area (Å²) in [5.74, 6) is 0. The molecule has 12 rings (SSSR count). The van der Waals surface area contributed by atoms with Crippen molar-refractivity contribution < 1.29 is 4.42 Å². The molecule has 0 aliphatic heterocycles. The van der Waals surface area contributed by atoms with E-state index in [9.17, 15) is 0 Å². The number of benzene rings is 9. The molecule has 2 nitrogen and oxygen atoms in total. The van der Waals surface area contributed by atoms with Gasteiger partial charge in [0, 0.05) is 22.0 Å². The van der Waals surface area contributed by atoms with Crippen LogP contribution in [0.25, 0.3) is 66.1 Å². The van der Waals surface area contributed by atoms with E-state index in [0.717, 1.165) is 39.0 Å². The van der Waals surface area contributed by atoms with Crippen LogP contribution in [0.15, 0.2) is 205 Å². The van der Waals surface area contributed by atoms with Gasteiger partial charge in [-0.1, -0.05) is 170 Å². The first-order chi connectivity index (χ1) is 27.3. The largest absolute Gasteiger partial charge is 0.454 e. The van der Waals surface area contributed by atoms with E-state index in [4.69, 9.17) is 4.42 Å². The fourth-order valence-electron chi connectivity index (χ4n) is 9.92. The van der Waals surface area contributed by atoms with E-state index in [2.05, 4.69) is 199 Å². The highest BCUT2D eigenvalue weighted by Gasteiger charge is 2.52. The summed E-state index contributed by atoms with van der Waals surface area (Å²) in [6, 6.07) is 73.2. The Kier molecular flexibility index (Phi) is 6.29. The summed E-state index contributed by atoms with van der Waals surface area (Å²) in [5, 5.41) is 4.69. The fraction of sp³-hybridized carbons (Fsp3) is 0.0189. The number of hydrogen-bond acceptors (Lipinski definition) is 2. The number of fused-ring (bicyclic) bond motifs is 14. The molecule has 0 fully saturated rings. The third kappa shape index (κ3) is 4.08. The van der Waals surface area contributed by atoms with Crippen molar-refractivity contribution in [3.63, 3.8) is 0 Å². The molecular formula is C53H33NO. The zero-order valence-electron chi connectivity index (χ0n) is 29.9. The quantitative estimate of drug-likeness (QED) is 0.182. The van der Waals surface area contributed by atoms with Gasteiger partial charge in [-0.15, -0.1) is 0 Å². The highest BCUT2D eigenvalue weighted by atomic mass is 16.3. The molecule has 1 heterocycles. The molecule has 0 saturated heterocycles. The number of anilines is 3. The summed E-state index contributed by atoms with van der Waals surface area (Å²) in [6.07, 6.45) is 0. The molecule has 0 amide bonds. The van der Waals surface area contributed by atoms with E-state index in [-0.39, 0.29) is 0 Å². The minimum Gasteiger partial charge on any atom is -0.454 e. The van der Waals surface area contributed by atoms with Crippen LogP contribution in [0, 0.1) is 0 Å². The van der Waals surface area contributed by atoms with Gasteiger partial charge in [0.05, 0.1) is 16.8 Å². The normalized spacial score (nSPS) is 13.2. The van der Waals surface area contributed by atoms with Gasteiger partial charge in [-0.05, 0) is 91.2 Å². The van der Waals surface area contributed by atoms with Crippen LogP contribution in [0.4, 0.5) is 17.1 Å². The maximum Gasteiger partial charge on any atom is 0.159 e. The van der Waals surface area contributed by atoms with E-state index in [1.54, 1.807) is 0 Å². The SMILES string of the molecule is c1cc(-c2cccc3ccccc23)cc(N(c2cccc3c2-c2ccccc2C32c3ccccc3-c3ccccc32)c2cccc3c2oc2ccccc23)c1. The highest BCUT2D eigenvalue weighted by Crippen LogP contribution is 2.64. The minimum atomic E-state index is -0.447. The molecule has 2 aliphatic rings. The lowest BCUT2D eigenvalue weighted by Crippen LogP contribution is -2.26. The molecule has 0 unspecified atom stereocenters. The number of rotatable bonds is 4. The second-order valence-corrected chi connectivity index (χ2v) is 14.8. The first-order valence-corrected chi connectivity index (χ1v) is 19.0. The Morgan fingerprint density at radius 2 is 0.927 bits per heavy atom. The van der Waals surface area contributed by atoms with Gasteiger partial charge in [0.1, 0.15) is 5.58 Å². The second-order valence-electron chi connectivity index (χ2n) is 14.8. The Labute approximate surface area is 319 Å². The molecule has 1 spiro atoms. The van der Waals surface area contributed by atoms with Crippen LogP contribution in [-0.2, 0) is 5.41 Å². The lowest BCUT2D eigenvalue weighted by molar-refractivity contribution is 0.669. The highest BCUT2D eigenvalue weighted by molar-refractivity contribution is 6.11. The van der Waals surface area contributed by atoms with Gasteiger partial charge >= 0.3 is 0 Å². The van der Waals surface area contributed by atoms with Crippen molar-refractivity contribution in [3.05, 3.63) is 222 Å². The van der Waals surface area contributed by atoms with Crippen molar-refractivity contribution in [2.45, 2.75) is 5.41 Å². The third-order valence-corrected chi connectivity index (χ3v) is 12.1. The van der Waals surface area contributed by atoms with E-state index >= 15 is 0 Å². The molecule has 10 aromatic rings. The molecule has 1 aromatic heterocycles. The molecule has 0 bridgehead atoms. The van der Waals surface area contributed by atoms with Gasteiger partial charge in [0.25, 0.3) is 0 Å². The van der Waals surface area contributed by atoms with Crippen molar-refractivity contribution in [2.24, 2.45) is 0 Å². The minimum absolute atomic E-state index is 0.447. The van der Waals surface area contributed by atoms with Crippen molar-refractivity contribution in [1.29, 1.82) is 0 Å². The molecule has 256 valence electrons. The van der Waals surface area contributed by atoms with Gasteiger partial charge in [-0.25, -0.2) is 0 Å². The Morgan fingerprint density at radius 1 is 0.382 bits per heavy atom. The summed E-state index contributed by atoms with van der Waals surface area (Å²) in [7, 11) is 0. The predicted octanol–water partition coefficient (Wildman–Crippen LogP) is 14.2. The van der Waals surface area contributed by atoms with Crippen LogP contribution in [0.3, 0.4) is 0 Å². The van der Waals surface area contributed by atoms with Gasteiger partial charge in [0.2, 0.25) is 0 Å². The van der Waals surface area contributed by atoms with Crippen LogP contribution in [0.2, 0.25) is 0 Å². The summed E-state index contributed by atoms with van der Waals surface area (Å²) in [4.78, 5) is 2.45. The summed E-state index contributed by atoms with van der Waals surface area (Å²) in [5.41, 5.74) is 17.3. The Hall–Kier alpha value is -7.16. The molecule has 0 saturated carbocycles. The molecular weight excluding hydrogens is 667 g/mol. The summed E-state index contributed by atoms with van der Waals surface area (Å²) >= 11 is 0. The standard InChI is InChI=1S/C53H33NO/c1-2-19-37-34(15-1)16-12-24-38(37)35-17-11-18-36(33-35)54(49-31-13-25-42-41-22-6-10-32-50(41)55-52(42)49)48-30-14-29-47-51(48)43-23-5-9-28-46(43)53(47)44-26-7-3-20-39(44)40-21-4-8-27-45(40)53/h1-33H. The number of nitrogens with zero attached hydrogens (tertiary/aromatic N) is 1. The molecule has 2 aliphatic carbocycles. The molecule has 0 N–H and O–H groups in total. The monoisotopic (exact) mass is 699 g/mol. The lowest BCUT2D eigenvalue weighted by Gasteiger charge is -2.32. The summed E-state index contributed by atoms with van der Waals surface area (Å²) in [6.45, 7) is 0. The van der Waals surface area contributed by atoms with Gasteiger partial charge in [0.15, 0.2) is 5.58 Å². The van der Waals surface area contributed by atoms with Crippen LogP contribution in [0.5, 0.6) is 0 Å². The van der Waals surface area contributed by atoms with Crippen LogP contribution in [0.1, 0.15) is 22.3 Å². The van der Waals surface area contributed by atoms with E-state index in [1.807, 2.05) is 6.07 Å². The van der Waals surface area contributed by atoms with Crippen LogP contribution >= 0.6 is 0 Å². The Bertz CT molecular complexity index is 3130. The zero-order chi connectivity index (χ0) is 36.1. The van der Waals surface area contributed by atoms with Crippen molar-refractivity contribution >= 4 is 49.8 Å². The van der Waals surface area contributed by atoms with Crippen LogP contribution < -0.4 is 4.90 Å². The maximum absolute atomic E-state index is 6.81. The van der Waals surface area contributed by atoms with Crippen LogP contribution in [-0.4, -0.2) is 0 Å². The average Bonchev–Trinajstić information content (AvgIpc) is 3.89. The first kappa shape index (κ1) is 30.3. The second kappa shape index (κ2) is 11.4. The molecule has 0 radical (unpaired) electrons. The molecule has 0 atom stereocenters. The predicted molar refractivity (Wildman–Crippen MR) is 228 cm³/mol. The van der Waals surface area contributed by atoms with E-state index in [1.165, 1.54) is 66.4 Å². The lowest BCUT2D eigenvalue weighted by atomic mass is 9.70. The van der Waals surface area contributed by atoms with Gasteiger partial charge in [-0.3, -0.25) is 0 Å². The third-order valence-electron chi connectivity index (χ3n) is 12.1. The average molecular weight is 700 g/mol.